The standard InChI is InChI=1S/C21H28N2O3/c1-2-26-21(25)23-13-11-16-14-17(9-10-19(16)23)20(24)22-12-5-7-15-6-3-4-8-18(15)22/h9-10,14-15,18H,2-8,11-13H2,1H3/t15-,18-/m1/s1. The molecule has 4 rings (SSSR count). The molecule has 140 valence electrons. The van der Waals surface area contributed by atoms with Crippen LogP contribution in [-0.4, -0.2) is 42.6 Å². The van der Waals surface area contributed by atoms with Gasteiger partial charge in [0.25, 0.3) is 5.91 Å². The minimum atomic E-state index is -0.300. The zero-order valence-electron chi connectivity index (χ0n) is 15.6. The van der Waals surface area contributed by atoms with Crippen LogP contribution in [0.5, 0.6) is 0 Å². The Hall–Kier alpha value is -2.04. The van der Waals surface area contributed by atoms with Gasteiger partial charge in [-0.1, -0.05) is 12.8 Å². The number of hydrogen-bond donors (Lipinski definition) is 0. The smallest absolute Gasteiger partial charge is 0.414 e. The van der Waals surface area contributed by atoms with E-state index in [1.165, 1.54) is 25.7 Å². The molecule has 1 aromatic carbocycles. The van der Waals surface area contributed by atoms with Crippen LogP contribution in [0.1, 0.15) is 61.4 Å². The Labute approximate surface area is 155 Å². The molecule has 1 saturated carbocycles. The molecule has 2 atom stereocenters. The monoisotopic (exact) mass is 356 g/mol. The number of benzene rings is 1. The van der Waals surface area contributed by atoms with E-state index in [0.717, 1.165) is 42.6 Å². The van der Waals surface area contributed by atoms with Crippen molar-refractivity contribution in [1.29, 1.82) is 0 Å². The second-order valence-electron chi connectivity index (χ2n) is 7.70. The minimum Gasteiger partial charge on any atom is -0.449 e. The highest BCUT2D eigenvalue weighted by atomic mass is 16.6. The van der Waals surface area contributed by atoms with Gasteiger partial charge in [-0.2, -0.15) is 0 Å². The molecule has 3 aliphatic rings. The molecule has 0 aromatic heterocycles. The summed E-state index contributed by atoms with van der Waals surface area (Å²) in [5.41, 5.74) is 2.72. The normalized spacial score (nSPS) is 24.8. The topological polar surface area (TPSA) is 49.9 Å². The first-order chi connectivity index (χ1) is 12.7. The molecule has 0 radical (unpaired) electrons. The number of carbonyl (C=O) groups is 2. The fraction of sp³-hybridized carbons (Fsp3) is 0.619. The molecule has 1 saturated heterocycles. The van der Waals surface area contributed by atoms with E-state index in [2.05, 4.69) is 4.90 Å². The second-order valence-corrected chi connectivity index (χ2v) is 7.70. The maximum Gasteiger partial charge on any atom is 0.414 e. The molecule has 2 amide bonds. The lowest BCUT2D eigenvalue weighted by Gasteiger charge is -2.44. The SMILES string of the molecule is CCOC(=O)N1CCc2cc(C(=O)N3CCC[C@H]4CCCC[C@H]43)ccc21. The van der Waals surface area contributed by atoms with E-state index in [4.69, 9.17) is 4.74 Å². The van der Waals surface area contributed by atoms with Crippen LogP contribution in [-0.2, 0) is 11.2 Å². The number of hydrogen-bond acceptors (Lipinski definition) is 3. The Bertz CT molecular complexity index is 700. The summed E-state index contributed by atoms with van der Waals surface area (Å²) in [7, 11) is 0. The number of amides is 2. The number of anilines is 1. The molecule has 0 N–H and O–H groups in total. The Morgan fingerprint density at radius 3 is 2.77 bits per heavy atom. The molecule has 1 aromatic rings. The Balaban J connectivity index is 1.53. The lowest BCUT2D eigenvalue weighted by atomic mass is 9.78. The average molecular weight is 356 g/mol. The number of carbonyl (C=O) groups excluding carboxylic acids is 2. The number of nitrogens with zero attached hydrogens (tertiary/aromatic N) is 2. The summed E-state index contributed by atoms with van der Waals surface area (Å²) in [4.78, 5) is 29.1. The summed E-state index contributed by atoms with van der Waals surface area (Å²) in [5, 5.41) is 0. The molecule has 1 aliphatic carbocycles. The summed E-state index contributed by atoms with van der Waals surface area (Å²) in [5.74, 6) is 0.856. The van der Waals surface area contributed by atoms with Crippen molar-refractivity contribution in [2.75, 3.05) is 24.6 Å². The third kappa shape index (κ3) is 3.08. The molecular weight excluding hydrogens is 328 g/mol. The molecule has 5 heteroatoms. The molecule has 2 heterocycles. The van der Waals surface area contributed by atoms with E-state index >= 15 is 0 Å². The highest BCUT2D eigenvalue weighted by Gasteiger charge is 2.36. The summed E-state index contributed by atoms with van der Waals surface area (Å²) in [6, 6.07) is 6.21. The minimum absolute atomic E-state index is 0.166. The van der Waals surface area contributed by atoms with Crippen LogP contribution < -0.4 is 4.90 Å². The fourth-order valence-corrected chi connectivity index (χ4v) is 4.97. The second kappa shape index (κ2) is 7.29. The molecule has 0 spiro atoms. The molecule has 0 unspecified atom stereocenters. The third-order valence-electron chi connectivity index (χ3n) is 6.21. The van der Waals surface area contributed by atoms with Crippen molar-refractivity contribution >= 4 is 17.7 Å². The lowest BCUT2D eigenvalue weighted by molar-refractivity contribution is 0.0390. The number of fused-ring (bicyclic) bond motifs is 2. The largest absolute Gasteiger partial charge is 0.449 e. The Morgan fingerprint density at radius 2 is 1.92 bits per heavy atom. The summed E-state index contributed by atoms with van der Waals surface area (Å²) < 4.78 is 5.13. The predicted molar refractivity (Wildman–Crippen MR) is 101 cm³/mol. The van der Waals surface area contributed by atoms with Crippen LogP contribution in [0.25, 0.3) is 0 Å². The van der Waals surface area contributed by atoms with Crippen LogP contribution in [0.2, 0.25) is 0 Å². The highest BCUT2D eigenvalue weighted by molar-refractivity contribution is 5.97. The zero-order valence-corrected chi connectivity index (χ0v) is 15.6. The predicted octanol–water partition coefficient (Wildman–Crippen LogP) is 4.00. The van der Waals surface area contributed by atoms with E-state index in [9.17, 15) is 9.59 Å². The highest BCUT2D eigenvalue weighted by Crippen LogP contribution is 2.36. The molecule has 26 heavy (non-hydrogen) atoms. The van der Waals surface area contributed by atoms with E-state index < -0.39 is 0 Å². The maximum absolute atomic E-state index is 13.2. The van der Waals surface area contributed by atoms with Crippen LogP contribution in [0, 0.1) is 5.92 Å². The first-order valence-corrected chi connectivity index (χ1v) is 10.1. The van der Waals surface area contributed by atoms with Gasteiger partial charge in [0.15, 0.2) is 0 Å². The van der Waals surface area contributed by atoms with Crippen LogP contribution >= 0.6 is 0 Å². The fourth-order valence-electron chi connectivity index (χ4n) is 4.97. The summed E-state index contributed by atoms with van der Waals surface area (Å²) >= 11 is 0. The maximum atomic E-state index is 13.2. The Kier molecular flexibility index (Phi) is 4.88. The Morgan fingerprint density at radius 1 is 1.12 bits per heavy atom. The van der Waals surface area contributed by atoms with Gasteiger partial charge < -0.3 is 9.64 Å². The number of piperidine rings is 1. The average Bonchev–Trinajstić information content (AvgIpc) is 3.10. The van der Waals surface area contributed by atoms with Crippen LogP contribution in [0.4, 0.5) is 10.5 Å². The van der Waals surface area contributed by atoms with Gasteiger partial charge in [-0.3, -0.25) is 9.69 Å². The number of rotatable bonds is 2. The number of ether oxygens (including phenoxy) is 1. The third-order valence-corrected chi connectivity index (χ3v) is 6.21. The quantitative estimate of drug-likeness (QED) is 0.805. The van der Waals surface area contributed by atoms with Crippen LogP contribution in [0.3, 0.4) is 0 Å². The van der Waals surface area contributed by atoms with E-state index in [1.807, 2.05) is 25.1 Å². The van der Waals surface area contributed by atoms with Gasteiger partial charge in [0.2, 0.25) is 0 Å². The van der Waals surface area contributed by atoms with E-state index in [0.29, 0.717) is 25.1 Å². The van der Waals surface area contributed by atoms with Gasteiger partial charge in [-0.05, 0) is 68.7 Å². The summed E-state index contributed by atoms with van der Waals surface area (Å²) in [6.07, 6.45) is 7.84. The van der Waals surface area contributed by atoms with Gasteiger partial charge in [0.05, 0.1) is 12.3 Å². The molecule has 2 aliphatic heterocycles. The molecular formula is C21H28N2O3. The van der Waals surface area contributed by atoms with Gasteiger partial charge in [-0.15, -0.1) is 0 Å². The van der Waals surface area contributed by atoms with Gasteiger partial charge >= 0.3 is 6.09 Å². The van der Waals surface area contributed by atoms with Crippen molar-refractivity contribution in [3.63, 3.8) is 0 Å². The van der Waals surface area contributed by atoms with Crippen molar-refractivity contribution in [2.24, 2.45) is 5.92 Å². The van der Waals surface area contributed by atoms with Gasteiger partial charge in [-0.25, -0.2) is 4.79 Å². The van der Waals surface area contributed by atoms with E-state index in [-0.39, 0.29) is 12.0 Å². The van der Waals surface area contributed by atoms with E-state index in [1.54, 1.807) is 4.90 Å². The van der Waals surface area contributed by atoms with Gasteiger partial charge in [0.1, 0.15) is 0 Å². The summed E-state index contributed by atoms with van der Waals surface area (Å²) in [6.45, 7) is 3.69. The first-order valence-electron chi connectivity index (χ1n) is 10.1. The van der Waals surface area contributed by atoms with Crippen molar-refractivity contribution in [1.82, 2.24) is 4.90 Å². The van der Waals surface area contributed by atoms with Crippen molar-refractivity contribution in [2.45, 2.75) is 57.9 Å². The van der Waals surface area contributed by atoms with Crippen molar-refractivity contribution < 1.29 is 14.3 Å². The lowest BCUT2D eigenvalue weighted by Crippen LogP contribution is -2.49. The van der Waals surface area contributed by atoms with Crippen molar-refractivity contribution in [3.05, 3.63) is 29.3 Å². The van der Waals surface area contributed by atoms with Crippen molar-refractivity contribution in [3.8, 4) is 0 Å². The molecule has 5 nitrogen and oxygen atoms in total. The molecule has 0 bridgehead atoms. The number of likely N-dealkylation sites (tertiary alicyclic amines) is 1. The first kappa shape index (κ1) is 17.4. The van der Waals surface area contributed by atoms with Gasteiger partial charge in [0, 0.05) is 24.7 Å². The molecule has 2 fully saturated rings. The van der Waals surface area contributed by atoms with Crippen LogP contribution in [0.15, 0.2) is 18.2 Å². The zero-order chi connectivity index (χ0) is 18.1.